The maximum Gasteiger partial charge on any atom is 0.240 e. The van der Waals surface area contributed by atoms with Gasteiger partial charge >= 0.3 is 0 Å². The van der Waals surface area contributed by atoms with Gasteiger partial charge in [0, 0.05) is 0 Å². The second kappa shape index (κ2) is 5.93. The SMILES string of the molecule is NC1(C(=O)NCC2COc3ccccc3O2)CCCCC1. The quantitative estimate of drug-likeness (QED) is 0.887. The Hall–Kier alpha value is -1.75. The predicted molar refractivity (Wildman–Crippen MR) is 79.4 cm³/mol. The molecular weight excluding hydrogens is 268 g/mol. The van der Waals surface area contributed by atoms with Crippen molar-refractivity contribution in [2.45, 2.75) is 43.7 Å². The van der Waals surface area contributed by atoms with Crippen LogP contribution in [-0.4, -0.2) is 30.7 Å². The summed E-state index contributed by atoms with van der Waals surface area (Å²) in [5.41, 5.74) is 5.51. The third-order valence-corrected chi connectivity index (χ3v) is 4.26. The number of benzene rings is 1. The Morgan fingerprint density at radius 2 is 1.95 bits per heavy atom. The minimum atomic E-state index is -0.703. The number of hydrogen-bond acceptors (Lipinski definition) is 4. The Morgan fingerprint density at radius 3 is 2.71 bits per heavy atom. The third kappa shape index (κ3) is 3.13. The second-order valence-electron chi connectivity index (χ2n) is 5.92. The van der Waals surface area contributed by atoms with E-state index < -0.39 is 5.54 Å². The van der Waals surface area contributed by atoms with Crippen molar-refractivity contribution in [3.8, 4) is 11.5 Å². The first kappa shape index (κ1) is 14.2. The zero-order valence-electron chi connectivity index (χ0n) is 12.1. The van der Waals surface area contributed by atoms with Gasteiger partial charge < -0.3 is 20.5 Å². The normalized spacial score (nSPS) is 23.4. The van der Waals surface area contributed by atoms with Crippen molar-refractivity contribution >= 4 is 5.91 Å². The van der Waals surface area contributed by atoms with Crippen LogP contribution in [0.1, 0.15) is 32.1 Å². The predicted octanol–water partition coefficient (Wildman–Crippen LogP) is 1.60. The van der Waals surface area contributed by atoms with Crippen LogP contribution in [0.5, 0.6) is 11.5 Å². The lowest BCUT2D eigenvalue weighted by atomic mass is 9.82. The lowest BCUT2D eigenvalue weighted by Gasteiger charge is -2.33. The van der Waals surface area contributed by atoms with Gasteiger partial charge in [-0.1, -0.05) is 31.4 Å². The van der Waals surface area contributed by atoms with E-state index in [1.807, 2.05) is 24.3 Å². The number of rotatable bonds is 3. The highest BCUT2D eigenvalue weighted by atomic mass is 16.6. The van der Waals surface area contributed by atoms with Crippen LogP contribution in [0.4, 0.5) is 0 Å². The van der Waals surface area contributed by atoms with Gasteiger partial charge in [0.15, 0.2) is 11.5 Å². The average molecular weight is 290 g/mol. The van der Waals surface area contributed by atoms with Crippen LogP contribution >= 0.6 is 0 Å². The van der Waals surface area contributed by atoms with E-state index in [9.17, 15) is 4.79 Å². The number of amides is 1. The Morgan fingerprint density at radius 1 is 1.24 bits per heavy atom. The fourth-order valence-corrected chi connectivity index (χ4v) is 2.96. The molecule has 3 rings (SSSR count). The minimum absolute atomic E-state index is 0.0651. The first-order valence-electron chi connectivity index (χ1n) is 7.63. The van der Waals surface area contributed by atoms with Gasteiger partial charge in [0.1, 0.15) is 12.7 Å². The van der Waals surface area contributed by atoms with Gasteiger partial charge in [0.25, 0.3) is 0 Å². The molecule has 1 aromatic carbocycles. The first-order valence-corrected chi connectivity index (χ1v) is 7.63. The van der Waals surface area contributed by atoms with E-state index in [2.05, 4.69) is 5.32 Å². The van der Waals surface area contributed by atoms with Gasteiger partial charge in [-0.05, 0) is 25.0 Å². The summed E-state index contributed by atoms with van der Waals surface area (Å²) >= 11 is 0. The Bertz CT molecular complexity index is 512. The molecule has 114 valence electrons. The summed E-state index contributed by atoms with van der Waals surface area (Å²) in [6, 6.07) is 7.56. The Kier molecular flexibility index (Phi) is 4.01. The van der Waals surface area contributed by atoms with E-state index in [4.69, 9.17) is 15.2 Å². The zero-order valence-corrected chi connectivity index (χ0v) is 12.1. The average Bonchev–Trinajstić information content (AvgIpc) is 2.53. The zero-order chi connectivity index (χ0) is 14.7. The number of carbonyl (C=O) groups is 1. The second-order valence-corrected chi connectivity index (χ2v) is 5.92. The van der Waals surface area contributed by atoms with Crippen molar-refractivity contribution < 1.29 is 14.3 Å². The van der Waals surface area contributed by atoms with Crippen LogP contribution < -0.4 is 20.5 Å². The molecule has 3 N–H and O–H groups in total. The molecule has 0 bridgehead atoms. The molecule has 0 radical (unpaired) electrons. The van der Waals surface area contributed by atoms with Crippen LogP contribution in [0.15, 0.2) is 24.3 Å². The van der Waals surface area contributed by atoms with Gasteiger partial charge in [0.2, 0.25) is 5.91 Å². The number of nitrogens with one attached hydrogen (secondary N) is 1. The molecule has 0 aromatic heterocycles. The van der Waals surface area contributed by atoms with E-state index in [0.29, 0.717) is 13.2 Å². The standard InChI is InChI=1S/C16H22N2O3/c17-16(8-4-1-5-9-16)15(19)18-10-12-11-20-13-6-2-3-7-14(13)21-12/h2-3,6-7,12H,1,4-5,8-11,17H2,(H,18,19). The molecule has 1 atom stereocenters. The number of fused-ring (bicyclic) bond motifs is 1. The molecular formula is C16H22N2O3. The van der Waals surface area contributed by atoms with Gasteiger partial charge in [-0.3, -0.25) is 4.79 Å². The number of hydrogen-bond donors (Lipinski definition) is 2. The Labute approximate surface area is 124 Å². The number of nitrogens with two attached hydrogens (primary N) is 1. The van der Waals surface area contributed by atoms with E-state index in [0.717, 1.165) is 37.2 Å². The smallest absolute Gasteiger partial charge is 0.240 e. The number of ether oxygens (including phenoxy) is 2. The van der Waals surface area contributed by atoms with Crippen LogP contribution in [0.2, 0.25) is 0 Å². The van der Waals surface area contributed by atoms with Crippen LogP contribution in [0.3, 0.4) is 0 Å². The molecule has 1 aromatic rings. The fourth-order valence-electron chi connectivity index (χ4n) is 2.96. The molecule has 5 heteroatoms. The van der Waals surface area contributed by atoms with E-state index >= 15 is 0 Å². The van der Waals surface area contributed by atoms with E-state index in [1.54, 1.807) is 0 Å². The maximum atomic E-state index is 12.3. The van der Waals surface area contributed by atoms with Gasteiger partial charge in [-0.15, -0.1) is 0 Å². The van der Waals surface area contributed by atoms with Crippen molar-refractivity contribution in [1.29, 1.82) is 0 Å². The topological polar surface area (TPSA) is 73.6 Å². The molecule has 1 unspecified atom stereocenters. The molecule has 0 saturated heterocycles. The van der Waals surface area contributed by atoms with Crippen LogP contribution in [-0.2, 0) is 4.79 Å². The number of carbonyl (C=O) groups excluding carboxylic acids is 1. The van der Waals surface area contributed by atoms with Crippen molar-refractivity contribution in [3.63, 3.8) is 0 Å². The fraction of sp³-hybridized carbons (Fsp3) is 0.562. The highest BCUT2D eigenvalue weighted by molar-refractivity contribution is 5.86. The summed E-state index contributed by atoms with van der Waals surface area (Å²) in [6.45, 7) is 0.862. The van der Waals surface area contributed by atoms with Crippen molar-refractivity contribution in [3.05, 3.63) is 24.3 Å². The summed E-state index contributed by atoms with van der Waals surface area (Å²) < 4.78 is 11.5. The molecule has 1 aliphatic carbocycles. The minimum Gasteiger partial charge on any atom is -0.486 e. The maximum absolute atomic E-state index is 12.3. The lowest BCUT2D eigenvalue weighted by molar-refractivity contribution is -0.128. The summed E-state index contributed by atoms with van der Waals surface area (Å²) in [5, 5.41) is 2.92. The highest BCUT2D eigenvalue weighted by Gasteiger charge is 2.35. The Balaban J connectivity index is 1.53. The molecule has 1 fully saturated rings. The summed E-state index contributed by atoms with van der Waals surface area (Å²) in [7, 11) is 0. The monoisotopic (exact) mass is 290 g/mol. The number of para-hydroxylation sites is 2. The molecule has 21 heavy (non-hydrogen) atoms. The largest absolute Gasteiger partial charge is 0.486 e. The molecule has 5 nitrogen and oxygen atoms in total. The molecule has 2 aliphatic rings. The van der Waals surface area contributed by atoms with Gasteiger partial charge in [0.05, 0.1) is 12.1 Å². The van der Waals surface area contributed by atoms with E-state index in [-0.39, 0.29) is 12.0 Å². The van der Waals surface area contributed by atoms with Crippen molar-refractivity contribution in [2.75, 3.05) is 13.2 Å². The molecule has 1 saturated carbocycles. The van der Waals surface area contributed by atoms with Gasteiger partial charge in [-0.25, -0.2) is 0 Å². The first-order chi connectivity index (χ1) is 10.2. The lowest BCUT2D eigenvalue weighted by Crippen LogP contribution is -2.56. The summed E-state index contributed by atoms with van der Waals surface area (Å²) in [4.78, 5) is 12.3. The molecule has 1 heterocycles. The van der Waals surface area contributed by atoms with Crippen molar-refractivity contribution in [2.24, 2.45) is 5.73 Å². The summed E-state index contributed by atoms with van der Waals surface area (Å²) in [6.07, 6.45) is 4.59. The molecule has 1 aliphatic heterocycles. The van der Waals surface area contributed by atoms with Crippen molar-refractivity contribution in [1.82, 2.24) is 5.32 Å². The van der Waals surface area contributed by atoms with Crippen LogP contribution in [0.25, 0.3) is 0 Å². The molecule has 0 spiro atoms. The van der Waals surface area contributed by atoms with Gasteiger partial charge in [-0.2, -0.15) is 0 Å². The summed E-state index contributed by atoms with van der Waals surface area (Å²) in [5.74, 6) is 1.41. The van der Waals surface area contributed by atoms with E-state index in [1.165, 1.54) is 6.42 Å². The third-order valence-electron chi connectivity index (χ3n) is 4.26. The molecule has 1 amide bonds. The van der Waals surface area contributed by atoms with Crippen LogP contribution in [0, 0.1) is 0 Å². The highest BCUT2D eigenvalue weighted by Crippen LogP contribution is 2.31.